The highest BCUT2D eigenvalue weighted by atomic mass is 16.3. The molecule has 0 bridgehead atoms. The van der Waals surface area contributed by atoms with Gasteiger partial charge in [0.05, 0.1) is 17.2 Å². The van der Waals surface area contributed by atoms with Crippen molar-refractivity contribution in [3.05, 3.63) is 44.3 Å². The summed E-state index contributed by atoms with van der Waals surface area (Å²) in [6.07, 6.45) is 8.18. The third-order valence-electron chi connectivity index (χ3n) is 4.50. The Morgan fingerprint density at radius 2 is 1.60 bits per heavy atom. The van der Waals surface area contributed by atoms with E-state index in [1.165, 1.54) is 5.56 Å². The van der Waals surface area contributed by atoms with Crippen LogP contribution in [0.15, 0.2) is 16.3 Å². The molecule has 1 heterocycles. The summed E-state index contributed by atoms with van der Waals surface area (Å²) in [6, 6.07) is 0.265. The summed E-state index contributed by atoms with van der Waals surface area (Å²) >= 11 is 0. The van der Waals surface area contributed by atoms with Gasteiger partial charge in [0, 0.05) is 24.4 Å². The standard InChI is InChI=1S/C16H17NO3/c18-10-3-5-12-13-6-4-11(19)8-15(13)17(9-1-2-9)16(20)14(12)7-10/h7-9,18-19H,1-6H2. The zero-order valence-electron chi connectivity index (χ0n) is 11.2. The quantitative estimate of drug-likeness (QED) is 0.825. The second kappa shape index (κ2) is 4.01. The van der Waals surface area contributed by atoms with Crippen molar-refractivity contribution in [3.8, 4) is 0 Å². The average Bonchev–Trinajstić information content (AvgIpc) is 3.24. The van der Waals surface area contributed by atoms with Gasteiger partial charge in [-0.3, -0.25) is 4.79 Å². The molecule has 104 valence electrons. The smallest absolute Gasteiger partial charge is 0.258 e. The van der Waals surface area contributed by atoms with Gasteiger partial charge in [-0.15, -0.1) is 0 Å². The Kier molecular flexibility index (Phi) is 2.37. The topological polar surface area (TPSA) is 62.5 Å². The Balaban J connectivity index is 2.07. The van der Waals surface area contributed by atoms with E-state index in [9.17, 15) is 15.0 Å². The van der Waals surface area contributed by atoms with E-state index in [1.54, 1.807) is 12.2 Å². The Morgan fingerprint density at radius 3 is 2.30 bits per heavy atom. The number of rotatable bonds is 1. The third-order valence-corrected chi connectivity index (χ3v) is 4.50. The van der Waals surface area contributed by atoms with Crippen LogP contribution in [0.1, 0.15) is 54.1 Å². The second-order valence-corrected chi connectivity index (χ2v) is 5.93. The highest BCUT2D eigenvalue weighted by Gasteiger charge is 2.32. The lowest BCUT2D eigenvalue weighted by Crippen LogP contribution is -2.29. The molecular weight excluding hydrogens is 254 g/mol. The van der Waals surface area contributed by atoms with Crippen molar-refractivity contribution in [1.29, 1.82) is 0 Å². The lowest BCUT2D eigenvalue weighted by atomic mass is 9.87. The van der Waals surface area contributed by atoms with E-state index < -0.39 is 0 Å². The van der Waals surface area contributed by atoms with Crippen LogP contribution in [-0.4, -0.2) is 14.8 Å². The minimum atomic E-state index is -0.0153. The monoisotopic (exact) mass is 271 g/mol. The van der Waals surface area contributed by atoms with Crippen LogP contribution in [-0.2, 0) is 12.8 Å². The summed E-state index contributed by atoms with van der Waals surface area (Å²) in [5.41, 5.74) is 3.80. The van der Waals surface area contributed by atoms with Gasteiger partial charge in [0.15, 0.2) is 0 Å². The van der Waals surface area contributed by atoms with Crippen LogP contribution in [0.25, 0.3) is 12.2 Å². The molecule has 2 N–H and O–H groups in total. The van der Waals surface area contributed by atoms with Crippen LogP contribution in [0.5, 0.6) is 0 Å². The van der Waals surface area contributed by atoms with E-state index in [1.807, 2.05) is 4.57 Å². The Labute approximate surface area is 116 Å². The molecule has 0 aliphatic heterocycles. The molecule has 0 spiro atoms. The molecule has 20 heavy (non-hydrogen) atoms. The van der Waals surface area contributed by atoms with Crippen molar-refractivity contribution in [2.75, 3.05) is 0 Å². The molecule has 1 fully saturated rings. The van der Waals surface area contributed by atoms with Gasteiger partial charge in [-0.2, -0.15) is 0 Å². The first-order valence-electron chi connectivity index (χ1n) is 7.24. The maximum atomic E-state index is 12.7. The van der Waals surface area contributed by atoms with Crippen LogP contribution >= 0.6 is 0 Å². The molecular formula is C16H17NO3. The van der Waals surface area contributed by atoms with Crippen molar-refractivity contribution >= 4 is 12.2 Å². The molecule has 0 radical (unpaired) electrons. The molecule has 3 aliphatic rings. The van der Waals surface area contributed by atoms with Crippen LogP contribution in [0.2, 0.25) is 0 Å². The summed E-state index contributed by atoms with van der Waals surface area (Å²) in [6.45, 7) is 0. The van der Waals surface area contributed by atoms with Gasteiger partial charge in [-0.25, -0.2) is 0 Å². The van der Waals surface area contributed by atoms with Crippen LogP contribution in [0.3, 0.4) is 0 Å². The van der Waals surface area contributed by atoms with Gasteiger partial charge >= 0.3 is 0 Å². The van der Waals surface area contributed by atoms with Gasteiger partial charge in [0.2, 0.25) is 0 Å². The number of pyridine rings is 1. The van der Waals surface area contributed by atoms with E-state index in [2.05, 4.69) is 0 Å². The largest absolute Gasteiger partial charge is 0.512 e. The molecule has 0 saturated heterocycles. The maximum absolute atomic E-state index is 12.7. The van der Waals surface area contributed by atoms with E-state index in [4.69, 9.17) is 0 Å². The van der Waals surface area contributed by atoms with Crippen molar-refractivity contribution in [1.82, 2.24) is 4.57 Å². The summed E-state index contributed by atoms with van der Waals surface area (Å²) in [5, 5.41) is 19.5. The maximum Gasteiger partial charge on any atom is 0.258 e. The van der Waals surface area contributed by atoms with Crippen molar-refractivity contribution in [2.24, 2.45) is 0 Å². The molecule has 3 aliphatic carbocycles. The molecule has 0 amide bonds. The molecule has 0 atom stereocenters. The fourth-order valence-electron chi connectivity index (χ4n) is 3.37. The van der Waals surface area contributed by atoms with E-state index in [-0.39, 0.29) is 11.6 Å². The fraction of sp³-hybridized carbons (Fsp3) is 0.438. The van der Waals surface area contributed by atoms with E-state index in [0.717, 1.165) is 36.9 Å². The predicted molar refractivity (Wildman–Crippen MR) is 76.8 cm³/mol. The number of hydrogen-bond acceptors (Lipinski definition) is 3. The van der Waals surface area contributed by atoms with Crippen molar-refractivity contribution in [3.63, 3.8) is 0 Å². The molecule has 1 saturated carbocycles. The second-order valence-electron chi connectivity index (χ2n) is 5.93. The zero-order valence-corrected chi connectivity index (χ0v) is 11.2. The highest BCUT2D eigenvalue weighted by molar-refractivity contribution is 5.66. The number of aliphatic hydroxyl groups excluding tert-OH is 2. The van der Waals surface area contributed by atoms with Gasteiger partial charge in [0.1, 0.15) is 0 Å². The number of aliphatic hydroxyl groups is 2. The number of aromatic nitrogens is 1. The summed E-state index contributed by atoms with van der Waals surface area (Å²) in [7, 11) is 0. The van der Waals surface area contributed by atoms with E-state index in [0.29, 0.717) is 29.9 Å². The minimum absolute atomic E-state index is 0.0153. The molecule has 1 aromatic heterocycles. The first-order chi connectivity index (χ1) is 9.65. The Bertz CT molecular complexity index is 720. The predicted octanol–water partition coefficient (Wildman–Crippen LogP) is 2.87. The fourth-order valence-corrected chi connectivity index (χ4v) is 3.37. The van der Waals surface area contributed by atoms with E-state index >= 15 is 0 Å². The van der Waals surface area contributed by atoms with Gasteiger partial charge in [-0.05, 0) is 49.0 Å². The SMILES string of the molecule is O=c1c2c(c3c(n1C1CC1)C=C(O)CC3)CCC(O)=C2. The van der Waals surface area contributed by atoms with Crippen LogP contribution < -0.4 is 5.56 Å². The summed E-state index contributed by atoms with van der Waals surface area (Å²) in [5.74, 6) is 0.659. The number of allylic oxidation sites excluding steroid dienone is 2. The molecule has 4 heteroatoms. The Hall–Kier alpha value is -1.97. The van der Waals surface area contributed by atoms with Crippen molar-refractivity contribution in [2.45, 2.75) is 44.6 Å². The number of nitrogens with zero attached hydrogens (tertiary/aromatic N) is 1. The molecule has 4 rings (SSSR count). The molecule has 4 nitrogen and oxygen atoms in total. The van der Waals surface area contributed by atoms with Gasteiger partial charge in [-0.1, -0.05) is 0 Å². The number of fused-ring (bicyclic) bond motifs is 3. The van der Waals surface area contributed by atoms with Gasteiger partial charge in [0.25, 0.3) is 5.56 Å². The zero-order chi connectivity index (χ0) is 13.9. The summed E-state index contributed by atoms with van der Waals surface area (Å²) in [4.78, 5) is 12.7. The third kappa shape index (κ3) is 1.64. The molecule has 0 unspecified atom stereocenters. The van der Waals surface area contributed by atoms with Crippen LogP contribution in [0.4, 0.5) is 0 Å². The lowest BCUT2D eigenvalue weighted by molar-refractivity contribution is 0.385. The van der Waals surface area contributed by atoms with Gasteiger partial charge < -0.3 is 14.8 Å². The molecule has 0 aromatic carbocycles. The summed E-state index contributed by atoms with van der Waals surface area (Å²) < 4.78 is 1.83. The normalized spacial score (nSPS) is 20.8. The first kappa shape index (κ1) is 11.8. The van der Waals surface area contributed by atoms with Crippen LogP contribution in [0, 0.1) is 0 Å². The first-order valence-corrected chi connectivity index (χ1v) is 7.24. The lowest BCUT2D eigenvalue weighted by Gasteiger charge is -2.25. The average molecular weight is 271 g/mol. The Morgan fingerprint density at radius 1 is 0.950 bits per heavy atom. The minimum Gasteiger partial charge on any atom is -0.512 e. The number of hydrogen-bond donors (Lipinski definition) is 2. The highest BCUT2D eigenvalue weighted by Crippen LogP contribution is 2.39. The molecule has 1 aromatic rings. The van der Waals surface area contributed by atoms with Crippen molar-refractivity contribution < 1.29 is 10.2 Å².